The fourth-order valence-corrected chi connectivity index (χ4v) is 4.78. The molecule has 1 N–H and O–H groups in total. The number of carbonyl (C=O) groups is 1. The molecule has 1 amide bonds. The topological polar surface area (TPSA) is 66.3 Å². The number of piperazine rings is 1. The van der Waals surface area contributed by atoms with Crippen molar-refractivity contribution in [3.05, 3.63) is 34.3 Å². The third kappa shape index (κ3) is 4.07. The van der Waals surface area contributed by atoms with Crippen molar-refractivity contribution in [3.63, 3.8) is 0 Å². The predicted octanol–water partition coefficient (Wildman–Crippen LogP) is 1.57. The molecule has 0 saturated carbocycles. The summed E-state index contributed by atoms with van der Waals surface area (Å²) in [6, 6.07) is 0.0299. The van der Waals surface area contributed by atoms with Gasteiger partial charge >= 0.3 is 0 Å². The molecular formula is C19H28N6OS. The lowest BCUT2D eigenvalue weighted by molar-refractivity contribution is -0.140. The van der Waals surface area contributed by atoms with Crippen LogP contribution in [0.4, 0.5) is 0 Å². The van der Waals surface area contributed by atoms with E-state index >= 15 is 0 Å². The third-order valence-electron chi connectivity index (χ3n) is 5.67. The first-order valence-electron chi connectivity index (χ1n) is 9.73. The molecule has 1 unspecified atom stereocenters. The molecule has 0 aliphatic carbocycles. The van der Waals surface area contributed by atoms with Crippen molar-refractivity contribution >= 4 is 17.2 Å². The van der Waals surface area contributed by atoms with Gasteiger partial charge in [0, 0.05) is 56.9 Å². The Balaban J connectivity index is 1.37. The average molecular weight is 389 g/mol. The highest BCUT2D eigenvalue weighted by molar-refractivity contribution is 7.09. The van der Waals surface area contributed by atoms with Crippen LogP contribution < -0.4 is 5.32 Å². The van der Waals surface area contributed by atoms with E-state index in [0.717, 1.165) is 68.6 Å². The van der Waals surface area contributed by atoms with Gasteiger partial charge in [-0.2, -0.15) is 0 Å². The van der Waals surface area contributed by atoms with Gasteiger partial charge < -0.3 is 14.8 Å². The summed E-state index contributed by atoms with van der Waals surface area (Å²) in [4.78, 5) is 26.8. The maximum Gasteiger partial charge on any atom is 0.226 e. The number of nitrogens with zero attached hydrogens (tertiary/aromatic N) is 5. The lowest BCUT2D eigenvalue weighted by atomic mass is 9.94. The number of imidazole rings is 1. The molecule has 2 fully saturated rings. The van der Waals surface area contributed by atoms with Crippen molar-refractivity contribution in [2.24, 2.45) is 13.0 Å². The van der Waals surface area contributed by atoms with Crippen LogP contribution in [0, 0.1) is 12.8 Å². The van der Waals surface area contributed by atoms with E-state index in [2.05, 4.69) is 30.5 Å². The summed E-state index contributed by atoms with van der Waals surface area (Å²) in [5, 5.41) is 6.68. The van der Waals surface area contributed by atoms with Crippen LogP contribution in [-0.2, 0) is 18.4 Å². The molecule has 7 nitrogen and oxygen atoms in total. The Bertz CT molecular complexity index is 779. The number of aryl methyl sites for hydroxylation is 2. The molecule has 0 aromatic carbocycles. The zero-order chi connectivity index (χ0) is 18.8. The number of piperidine rings is 1. The zero-order valence-electron chi connectivity index (χ0n) is 16.1. The van der Waals surface area contributed by atoms with Crippen LogP contribution in [0.5, 0.6) is 0 Å². The summed E-state index contributed by atoms with van der Waals surface area (Å²) in [6.07, 6.45) is 5.62. The van der Waals surface area contributed by atoms with E-state index in [-0.39, 0.29) is 12.0 Å². The molecule has 0 bridgehead atoms. The number of nitrogens with one attached hydrogen (secondary N) is 1. The molecule has 8 heteroatoms. The lowest BCUT2D eigenvalue weighted by Gasteiger charge is -2.39. The van der Waals surface area contributed by atoms with Gasteiger partial charge in [0.2, 0.25) is 5.91 Å². The Hall–Kier alpha value is -1.77. The Labute approximate surface area is 164 Å². The second-order valence-electron chi connectivity index (χ2n) is 7.56. The first kappa shape index (κ1) is 18.6. The molecule has 2 aliphatic heterocycles. The molecule has 0 radical (unpaired) electrons. The van der Waals surface area contributed by atoms with Crippen LogP contribution in [0.2, 0.25) is 0 Å². The standard InChI is InChI=1S/C19H28N6OS/c1-14-22-16(13-27-14)12-24-7-3-15(4-8-24)19(26)25-10-5-20-11-17(25)18-21-6-9-23(18)2/h6,9,13,15,17,20H,3-5,7-8,10-12H2,1-2H3. The minimum Gasteiger partial charge on any atom is -0.336 e. The summed E-state index contributed by atoms with van der Waals surface area (Å²) in [5.41, 5.74) is 1.15. The minimum absolute atomic E-state index is 0.0299. The summed E-state index contributed by atoms with van der Waals surface area (Å²) in [6.45, 7) is 7.26. The van der Waals surface area contributed by atoms with Crippen LogP contribution in [-0.4, -0.2) is 63.0 Å². The minimum atomic E-state index is 0.0299. The van der Waals surface area contributed by atoms with E-state index in [1.54, 1.807) is 11.3 Å². The molecule has 4 rings (SSSR count). The molecule has 146 valence electrons. The highest BCUT2D eigenvalue weighted by Crippen LogP contribution is 2.27. The van der Waals surface area contributed by atoms with Crippen molar-refractivity contribution in [2.45, 2.75) is 32.4 Å². The van der Waals surface area contributed by atoms with Gasteiger partial charge in [0.1, 0.15) is 11.9 Å². The monoisotopic (exact) mass is 388 g/mol. The maximum atomic E-state index is 13.3. The Morgan fingerprint density at radius 1 is 1.33 bits per heavy atom. The Morgan fingerprint density at radius 2 is 2.15 bits per heavy atom. The molecule has 2 aromatic heterocycles. The molecule has 4 heterocycles. The van der Waals surface area contributed by atoms with Gasteiger partial charge in [-0.05, 0) is 32.9 Å². The number of hydrogen-bond donors (Lipinski definition) is 1. The molecule has 27 heavy (non-hydrogen) atoms. The smallest absolute Gasteiger partial charge is 0.226 e. The third-order valence-corrected chi connectivity index (χ3v) is 6.49. The number of aromatic nitrogens is 3. The zero-order valence-corrected chi connectivity index (χ0v) is 16.9. The van der Waals surface area contributed by atoms with Gasteiger partial charge in [-0.3, -0.25) is 9.69 Å². The molecule has 0 spiro atoms. The SMILES string of the molecule is Cc1nc(CN2CCC(C(=O)N3CCNCC3c3nccn3C)CC2)cs1. The Kier molecular flexibility index (Phi) is 5.56. The quantitative estimate of drug-likeness (QED) is 0.861. The second-order valence-corrected chi connectivity index (χ2v) is 8.62. The molecule has 2 aliphatic rings. The summed E-state index contributed by atoms with van der Waals surface area (Å²) < 4.78 is 2.02. The average Bonchev–Trinajstić information content (AvgIpc) is 3.30. The first-order valence-corrected chi connectivity index (χ1v) is 10.6. The van der Waals surface area contributed by atoms with E-state index in [9.17, 15) is 4.79 Å². The summed E-state index contributed by atoms with van der Waals surface area (Å²) in [7, 11) is 2.00. The fraction of sp³-hybridized carbons (Fsp3) is 0.632. The molecule has 1 atom stereocenters. The first-order chi connectivity index (χ1) is 13.1. The highest BCUT2D eigenvalue weighted by Gasteiger charge is 2.35. The molecular weight excluding hydrogens is 360 g/mol. The Morgan fingerprint density at radius 3 is 2.81 bits per heavy atom. The van der Waals surface area contributed by atoms with Crippen molar-refractivity contribution < 1.29 is 4.79 Å². The second kappa shape index (κ2) is 8.08. The van der Waals surface area contributed by atoms with Gasteiger partial charge in [0.15, 0.2) is 0 Å². The van der Waals surface area contributed by atoms with E-state index in [0.29, 0.717) is 5.91 Å². The largest absolute Gasteiger partial charge is 0.336 e. The van der Waals surface area contributed by atoms with Crippen LogP contribution in [0.25, 0.3) is 0 Å². The molecule has 2 saturated heterocycles. The molecule has 2 aromatic rings. The van der Waals surface area contributed by atoms with Crippen molar-refractivity contribution in [1.82, 2.24) is 29.7 Å². The summed E-state index contributed by atoms with van der Waals surface area (Å²) >= 11 is 1.70. The maximum absolute atomic E-state index is 13.3. The fourth-order valence-electron chi connectivity index (χ4n) is 4.18. The number of thiazole rings is 1. The van der Waals surface area contributed by atoms with E-state index in [1.165, 1.54) is 0 Å². The lowest BCUT2D eigenvalue weighted by Crippen LogP contribution is -2.52. The van der Waals surface area contributed by atoms with Gasteiger partial charge in [-0.15, -0.1) is 11.3 Å². The van der Waals surface area contributed by atoms with Gasteiger partial charge in [0.05, 0.1) is 10.7 Å². The normalized spacial score (nSPS) is 22.3. The van der Waals surface area contributed by atoms with Gasteiger partial charge in [-0.25, -0.2) is 9.97 Å². The number of rotatable bonds is 4. The highest BCUT2D eigenvalue weighted by atomic mass is 32.1. The predicted molar refractivity (Wildman–Crippen MR) is 105 cm³/mol. The number of likely N-dealkylation sites (tertiary alicyclic amines) is 1. The van der Waals surface area contributed by atoms with Crippen LogP contribution in [0.15, 0.2) is 17.8 Å². The van der Waals surface area contributed by atoms with E-state index in [4.69, 9.17) is 0 Å². The van der Waals surface area contributed by atoms with Crippen LogP contribution in [0.3, 0.4) is 0 Å². The number of hydrogen-bond acceptors (Lipinski definition) is 6. The van der Waals surface area contributed by atoms with Crippen molar-refractivity contribution in [3.8, 4) is 0 Å². The van der Waals surface area contributed by atoms with Gasteiger partial charge in [-0.1, -0.05) is 0 Å². The van der Waals surface area contributed by atoms with Crippen LogP contribution >= 0.6 is 11.3 Å². The number of amides is 1. The van der Waals surface area contributed by atoms with Crippen LogP contribution in [0.1, 0.15) is 35.4 Å². The van der Waals surface area contributed by atoms with E-state index in [1.807, 2.05) is 30.9 Å². The van der Waals surface area contributed by atoms with Gasteiger partial charge in [0.25, 0.3) is 0 Å². The number of carbonyl (C=O) groups excluding carboxylic acids is 1. The van der Waals surface area contributed by atoms with E-state index < -0.39 is 0 Å². The van der Waals surface area contributed by atoms with Crippen molar-refractivity contribution in [1.29, 1.82) is 0 Å². The van der Waals surface area contributed by atoms with Crippen molar-refractivity contribution in [2.75, 3.05) is 32.7 Å². The summed E-state index contributed by atoms with van der Waals surface area (Å²) in [5.74, 6) is 1.39.